The van der Waals surface area contributed by atoms with Crippen molar-refractivity contribution in [3.8, 4) is 11.4 Å². The largest absolute Gasteiger partial charge is 0.494 e. The Hall–Kier alpha value is -3.08. The van der Waals surface area contributed by atoms with Gasteiger partial charge in [0.25, 0.3) is 0 Å². The lowest BCUT2D eigenvalue weighted by Crippen LogP contribution is -2.11. The number of anilines is 2. The molecule has 0 spiro atoms. The lowest BCUT2D eigenvalue weighted by Gasteiger charge is -2.11. The van der Waals surface area contributed by atoms with E-state index in [0.29, 0.717) is 28.5 Å². The highest BCUT2D eigenvalue weighted by Crippen LogP contribution is 2.37. The molecule has 0 aliphatic heterocycles. The number of imidazole rings is 1. The van der Waals surface area contributed by atoms with Gasteiger partial charge in [0.05, 0.1) is 24.8 Å². The van der Waals surface area contributed by atoms with Gasteiger partial charge in [-0.1, -0.05) is 11.3 Å². The van der Waals surface area contributed by atoms with Gasteiger partial charge >= 0.3 is 12.1 Å². The average Bonchev–Trinajstić information content (AvgIpc) is 3.21. The number of rotatable bonds is 5. The Morgan fingerprint density at radius 3 is 2.63 bits per heavy atom. The van der Waals surface area contributed by atoms with Gasteiger partial charge in [0.15, 0.2) is 10.8 Å². The number of ether oxygens (including phenoxy) is 1. The number of aryl methyl sites for hydroxylation is 1. The summed E-state index contributed by atoms with van der Waals surface area (Å²) in [6.45, 7) is 1.83. The number of benzene rings is 1. The summed E-state index contributed by atoms with van der Waals surface area (Å²) in [7, 11) is 1.46. The van der Waals surface area contributed by atoms with Crippen molar-refractivity contribution >= 4 is 28.1 Å². The summed E-state index contributed by atoms with van der Waals surface area (Å²) >= 11 is 0.409. The van der Waals surface area contributed by atoms with E-state index in [1.165, 1.54) is 7.11 Å². The van der Waals surface area contributed by atoms with E-state index in [4.69, 9.17) is 9.84 Å². The predicted molar refractivity (Wildman–Crippen MR) is 92.2 cm³/mol. The maximum absolute atomic E-state index is 12.9. The van der Waals surface area contributed by atoms with Crippen molar-refractivity contribution in [3.05, 3.63) is 47.0 Å². The summed E-state index contributed by atoms with van der Waals surface area (Å²) in [5.41, 5.74) is 0.458. The molecule has 142 valence electrons. The molecular weight excluding hydrogens is 385 g/mol. The topological polar surface area (TPSA) is 89.3 Å². The van der Waals surface area contributed by atoms with E-state index in [1.807, 2.05) is 6.92 Å². The molecule has 0 aliphatic carbocycles. The number of nitrogens with one attached hydrogen (secondary N) is 1. The molecule has 11 heteroatoms. The van der Waals surface area contributed by atoms with Crippen LogP contribution in [0.5, 0.6) is 5.75 Å². The lowest BCUT2D eigenvalue weighted by atomic mass is 10.2. The quantitative estimate of drug-likeness (QED) is 0.673. The molecule has 0 saturated heterocycles. The zero-order valence-corrected chi connectivity index (χ0v) is 14.9. The highest BCUT2D eigenvalue weighted by atomic mass is 32.1. The van der Waals surface area contributed by atoms with Crippen LogP contribution in [-0.4, -0.2) is 32.7 Å². The first-order valence-electron chi connectivity index (χ1n) is 7.46. The molecule has 0 fully saturated rings. The third kappa shape index (κ3) is 3.87. The average molecular weight is 398 g/mol. The van der Waals surface area contributed by atoms with Crippen LogP contribution in [0.1, 0.15) is 21.1 Å². The van der Waals surface area contributed by atoms with Gasteiger partial charge in [-0.05, 0) is 19.1 Å². The first-order chi connectivity index (χ1) is 12.7. The second-order valence-corrected chi connectivity index (χ2v) is 6.43. The van der Waals surface area contributed by atoms with Gasteiger partial charge < -0.3 is 19.7 Å². The summed E-state index contributed by atoms with van der Waals surface area (Å²) in [6, 6.07) is 4.88. The zero-order chi connectivity index (χ0) is 19.8. The number of carboxylic acids is 1. The van der Waals surface area contributed by atoms with Crippen LogP contribution in [0.2, 0.25) is 0 Å². The van der Waals surface area contributed by atoms with Crippen LogP contribution < -0.4 is 10.1 Å². The van der Waals surface area contributed by atoms with E-state index in [0.717, 1.165) is 5.69 Å². The van der Waals surface area contributed by atoms with Crippen molar-refractivity contribution in [2.75, 3.05) is 12.4 Å². The number of carbonyl (C=O) groups is 1. The maximum atomic E-state index is 12.9. The number of aromatic carboxylic acids is 1. The summed E-state index contributed by atoms with van der Waals surface area (Å²) < 4.78 is 45.9. The monoisotopic (exact) mass is 398 g/mol. The Kier molecular flexibility index (Phi) is 4.79. The summed E-state index contributed by atoms with van der Waals surface area (Å²) in [5.74, 6) is -1.24. The van der Waals surface area contributed by atoms with Crippen molar-refractivity contribution in [2.45, 2.75) is 13.1 Å². The van der Waals surface area contributed by atoms with Crippen LogP contribution >= 0.6 is 11.3 Å². The van der Waals surface area contributed by atoms with Crippen LogP contribution in [0, 0.1) is 6.92 Å². The molecule has 0 bridgehead atoms. The fourth-order valence-electron chi connectivity index (χ4n) is 2.36. The molecule has 7 nitrogen and oxygen atoms in total. The number of halogens is 3. The van der Waals surface area contributed by atoms with E-state index < -0.39 is 22.7 Å². The molecule has 2 aromatic heterocycles. The molecule has 0 atom stereocenters. The molecule has 2 heterocycles. The minimum Gasteiger partial charge on any atom is -0.494 e. The number of hydrogen-bond acceptors (Lipinski definition) is 6. The number of alkyl halides is 3. The zero-order valence-electron chi connectivity index (χ0n) is 14.0. The second kappa shape index (κ2) is 6.91. The van der Waals surface area contributed by atoms with Gasteiger partial charge in [0, 0.05) is 18.0 Å². The third-order valence-corrected chi connectivity index (χ3v) is 4.47. The SMILES string of the molecule is COc1cc(Nc2nc(C(F)(F)F)c(C(=O)O)s2)ccc1-n1cnc(C)c1. The number of methoxy groups -OCH3 is 1. The van der Waals surface area contributed by atoms with Gasteiger partial charge in [-0.2, -0.15) is 13.2 Å². The lowest BCUT2D eigenvalue weighted by molar-refractivity contribution is -0.141. The Balaban J connectivity index is 1.93. The number of carboxylic acid groups (broad SMARTS) is 1. The summed E-state index contributed by atoms with van der Waals surface area (Å²) in [5, 5.41) is 11.5. The fraction of sp³-hybridized carbons (Fsp3) is 0.188. The van der Waals surface area contributed by atoms with Crippen LogP contribution in [0.4, 0.5) is 24.0 Å². The van der Waals surface area contributed by atoms with E-state index in [9.17, 15) is 18.0 Å². The minimum atomic E-state index is -4.86. The highest BCUT2D eigenvalue weighted by molar-refractivity contribution is 7.17. The molecule has 2 N–H and O–H groups in total. The van der Waals surface area contributed by atoms with E-state index in [2.05, 4.69) is 15.3 Å². The molecular formula is C16H13F3N4O3S. The minimum absolute atomic E-state index is 0.187. The molecule has 0 aliphatic rings. The van der Waals surface area contributed by atoms with Crippen molar-refractivity contribution in [1.29, 1.82) is 0 Å². The second-order valence-electron chi connectivity index (χ2n) is 5.43. The van der Waals surface area contributed by atoms with Gasteiger partial charge in [0.2, 0.25) is 0 Å². The normalized spacial score (nSPS) is 11.4. The number of aromatic nitrogens is 3. The van der Waals surface area contributed by atoms with E-state index in [1.54, 1.807) is 35.3 Å². The van der Waals surface area contributed by atoms with Crippen LogP contribution in [0.15, 0.2) is 30.7 Å². The number of thiazole rings is 1. The Morgan fingerprint density at radius 2 is 2.11 bits per heavy atom. The fourth-order valence-corrected chi connectivity index (χ4v) is 3.20. The summed E-state index contributed by atoms with van der Waals surface area (Å²) in [4.78, 5) is 17.7. The maximum Gasteiger partial charge on any atom is 0.435 e. The Labute approximate surface area is 155 Å². The van der Waals surface area contributed by atoms with Crippen LogP contribution in [0.25, 0.3) is 5.69 Å². The number of nitrogens with zero attached hydrogens (tertiary/aromatic N) is 3. The van der Waals surface area contributed by atoms with Gasteiger partial charge in [-0.3, -0.25) is 0 Å². The van der Waals surface area contributed by atoms with Crippen molar-refractivity contribution in [3.63, 3.8) is 0 Å². The first kappa shape index (κ1) is 18.7. The molecule has 3 rings (SSSR count). The predicted octanol–water partition coefficient (Wildman–Crippen LogP) is 4.11. The van der Waals surface area contributed by atoms with E-state index in [-0.39, 0.29) is 5.13 Å². The van der Waals surface area contributed by atoms with Crippen molar-refractivity contribution in [2.24, 2.45) is 0 Å². The third-order valence-electron chi connectivity index (χ3n) is 3.51. The first-order valence-corrected chi connectivity index (χ1v) is 8.28. The van der Waals surface area contributed by atoms with Gasteiger partial charge in [-0.15, -0.1) is 0 Å². The highest BCUT2D eigenvalue weighted by Gasteiger charge is 2.39. The standard InChI is InChI=1S/C16H13F3N4O3S/c1-8-6-23(7-20-8)10-4-3-9(5-11(10)26-2)21-15-22-13(16(17,18)19)12(27-15)14(24)25/h3-7H,1-2H3,(H,21,22)(H,24,25). The van der Waals surface area contributed by atoms with Crippen molar-refractivity contribution < 1.29 is 27.8 Å². The van der Waals surface area contributed by atoms with Gasteiger partial charge in [-0.25, -0.2) is 14.8 Å². The number of hydrogen-bond donors (Lipinski definition) is 2. The van der Waals surface area contributed by atoms with Crippen LogP contribution in [-0.2, 0) is 6.18 Å². The molecule has 0 unspecified atom stereocenters. The van der Waals surface area contributed by atoms with Crippen molar-refractivity contribution in [1.82, 2.24) is 14.5 Å². The Morgan fingerprint density at radius 1 is 1.37 bits per heavy atom. The molecule has 3 aromatic rings. The van der Waals surface area contributed by atoms with E-state index >= 15 is 0 Å². The molecule has 27 heavy (non-hydrogen) atoms. The molecule has 0 saturated carbocycles. The van der Waals surface area contributed by atoms with Gasteiger partial charge in [0.1, 0.15) is 10.6 Å². The molecule has 0 radical (unpaired) electrons. The molecule has 1 aromatic carbocycles. The molecule has 0 amide bonds. The summed E-state index contributed by atoms with van der Waals surface area (Å²) in [6.07, 6.45) is -1.46. The smallest absolute Gasteiger partial charge is 0.435 e. The Bertz CT molecular complexity index is 997. The van der Waals surface area contributed by atoms with Crippen LogP contribution in [0.3, 0.4) is 0 Å².